The van der Waals surface area contributed by atoms with E-state index >= 15 is 0 Å². The molecule has 2 amide bonds. The zero-order chi connectivity index (χ0) is 20.7. The maximum absolute atomic E-state index is 12.7. The normalized spacial score (nSPS) is 22.8. The number of benzene rings is 2. The van der Waals surface area contributed by atoms with Gasteiger partial charge in [0.05, 0.1) is 11.0 Å². The number of hydrogen-bond donors (Lipinski definition) is 3. The molecular weight excluding hydrogens is 376 g/mol. The fourth-order valence-electron chi connectivity index (χ4n) is 5.01. The molecule has 3 aliphatic rings. The average Bonchev–Trinajstić information content (AvgIpc) is 3.18. The van der Waals surface area contributed by atoms with Crippen LogP contribution in [0.1, 0.15) is 49.4 Å². The van der Waals surface area contributed by atoms with Gasteiger partial charge in [0.25, 0.3) is 5.91 Å². The van der Waals surface area contributed by atoms with Gasteiger partial charge in [0, 0.05) is 29.8 Å². The zero-order valence-electron chi connectivity index (χ0n) is 17.1. The number of hydrogen-bond acceptors (Lipinski definition) is 3. The Morgan fingerprint density at radius 2 is 1.80 bits per heavy atom. The Kier molecular flexibility index (Phi) is 4.77. The molecule has 3 N–H and O–H groups in total. The van der Waals surface area contributed by atoms with E-state index in [9.17, 15) is 9.59 Å². The quantitative estimate of drug-likeness (QED) is 0.601. The van der Waals surface area contributed by atoms with Crippen LogP contribution in [0.15, 0.2) is 42.5 Å². The second-order valence-electron chi connectivity index (χ2n) is 8.67. The summed E-state index contributed by atoms with van der Waals surface area (Å²) in [6.45, 7) is 1.49. The number of imidazole rings is 1. The lowest BCUT2D eigenvalue weighted by Gasteiger charge is -2.42. The van der Waals surface area contributed by atoms with Crippen LogP contribution >= 0.6 is 0 Å². The SMILES string of the molecule is CC(=O)Nc1ccc2nc(-c3ccc(C(=O)NC4CC5CCC4CC5)cc3)[nH]c2c1. The number of nitrogens with zero attached hydrogens (tertiary/aromatic N) is 1. The van der Waals surface area contributed by atoms with E-state index in [1.807, 2.05) is 42.5 Å². The number of H-pyrrole nitrogens is 1. The molecule has 2 bridgehead atoms. The number of carbonyl (C=O) groups excluding carboxylic acids is 2. The minimum Gasteiger partial charge on any atom is -0.349 e. The number of aromatic amines is 1. The van der Waals surface area contributed by atoms with Crippen molar-refractivity contribution in [3.63, 3.8) is 0 Å². The van der Waals surface area contributed by atoms with Gasteiger partial charge in [0.2, 0.25) is 5.91 Å². The molecule has 6 nitrogen and oxygen atoms in total. The van der Waals surface area contributed by atoms with E-state index in [-0.39, 0.29) is 11.8 Å². The van der Waals surface area contributed by atoms with Crippen molar-refractivity contribution in [2.45, 2.75) is 45.1 Å². The van der Waals surface area contributed by atoms with Gasteiger partial charge in [-0.2, -0.15) is 0 Å². The van der Waals surface area contributed by atoms with Crippen molar-refractivity contribution in [2.75, 3.05) is 5.32 Å². The summed E-state index contributed by atoms with van der Waals surface area (Å²) in [4.78, 5) is 31.9. The Morgan fingerprint density at radius 3 is 2.47 bits per heavy atom. The van der Waals surface area contributed by atoms with Crippen LogP contribution in [-0.4, -0.2) is 27.8 Å². The van der Waals surface area contributed by atoms with Crippen LogP contribution in [0.3, 0.4) is 0 Å². The highest BCUT2D eigenvalue weighted by Crippen LogP contribution is 2.41. The van der Waals surface area contributed by atoms with Crippen molar-refractivity contribution < 1.29 is 9.59 Å². The molecule has 154 valence electrons. The first-order chi connectivity index (χ1) is 14.5. The number of aromatic nitrogens is 2. The van der Waals surface area contributed by atoms with Crippen molar-refractivity contribution in [2.24, 2.45) is 11.8 Å². The molecule has 3 aromatic rings. The monoisotopic (exact) mass is 402 g/mol. The van der Waals surface area contributed by atoms with E-state index in [1.165, 1.54) is 32.6 Å². The first-order valence-electron chi connectivity index (χ1n) is 10.7. The van der Waals surface area contributed by atoms with Gasteiger partial charge in [0.15, 0.2) is 0 Å². The lowest BCUT2D eigenvalue weighted by molar-refractivity contribution is -0.114. The third-order valence-electron chi connectivity index (χ3n) is 6.59. The first-order valence-corrected chi connectivity index (χ1v) is 10.7. The summed E-state index contributed by atoms with van der Waals surface area (Å²) in [5.74, 6) is 2.09. The van der Waals surface area contributed by atoms with Crippen LogP contribution in [-0.2, 0) is 4.79 Å². The van der Waals surface area contributed by atoms with E-state index in [4.69, 9.17) is 0 Å². The Morgan fingerprint density at radius 1 is 1.03 bits per heavy atom. The molecule has 0 aliphatic heterocycles. The molecule has 6 heteroatoms. The number of amides is 2. The second-order valence-corrected chi connectivity index (χ2v) is 8.67. The predicted molar refractivity (Wildman–Crippen MR) is 117 cm³/mol. The Bertz CT molecular complexity index is 1090. The minimum absolute atomic E-state index is 0.0173. The molecule has 3 aliphatic carbocycles. The molecular formula is C24H26N4O2. The van der Waals surface area contributed by atoms with Crippen LogP contribution < -0.4 is 10.6 Å². The number of nitrogens with one attached hydrogen (secondary N) is 3. The number of fused-ring (bicyclic) bond motifs is 4. The minimum atomic E-state index is -0.107. The van der Waals surface area contributed by atoms with Gasteiger partial charge in [-0.3, -0.25) is 9.59 Å². The van der Waals surface area contributed by atoms with Gasteiger partial charge in [-0.1, -0.05) is 25.0 Å². The fraction of sp³-hybridized carbons (Fsp3) is 0.375. The molecule has 2 aromatic carbocycles. The summed E-state index contributed by atoms with van der Waals surface area (Å²) in [7, 11) is 0. The van der Waals surface area contributed by atoms with Crippen molar-refractivity contribution in [1.29, 1.82) is 0 Å². The molecule has 1 heterocycles. The van der Waals surface area contributed by atoms with Gasteiger partial charge in [-0.25, -0.2) is 4.98 Å². The molecule has 6 rings (SSSR count). The fourth-order valence-corrected chi connectivity index (χ4v) is 5.01. The van der Waals surface area contributed by atoms with Crippen LogP contribution in [0.2, 0.25) is 0 Å². The third kappa shape index (κ3) is 3.70. The van der Waals surface area contributed by atoms with E-state index < -0.39 is 0 Å². The maximum Gasteiger partial charge on any atom is 0.251 e. The van der Waals surface area contributed by atoms with Crippen molar-refractivity contribution in [3.05, 3.63) is 48.0 Å². The molecule has 1 atom stereocenters. The van der Waals surface area contributed by atoms with E-state index in [1.54, 1.807) is 0 Å². The van der Waals surface area contributed by atoms with Gasteiger partial charge in [-0.05, 0) is 61.4 Å². The molecule has 0 radical (unpaired) electrons. The smallest absolute Gasteiger partial charge is 0.251 e. The van der Waals surface area contributed by atoms with Crippen LogP contribution in [0.25, 0.3) is 22.4 Å². The molecule has 0 saturated heterocycles. The zero-order valence-corrected chi connectivity index (χ0v) is 17.1. The highest BCUT2D eigenvalue weighted by atomic mass is 16.2. The summed E-state index contributed by atoms with van der Waals surface area (Å²) >= 11 is 0. The highest BCUT2D eigenvalue weighted by molar-refractivity contribution is 5.95. The Labute approximate surface area is 175 Å². The van der Waals surface area contributed by atoms with Crippen molar-refractivity contribution in [3.8, 4) is 11.4 Å². The molecule has 1 aromatic heterocycles. The third-order valence-corrected chi connectivity index (χ3v) is 6.59. The lowest BCUT2D eigenvalue weighted by Crippen LogP contribution is -2.47. The Hall–Kier alpha value is -3.15. The van der Waals surface area contributed by atoms with Crippen LogP contribution in [0.5, 0.6) is 0 Å². The number of anilines is 1. The van der Waals surface area contributed by atoms with Crippen LogP contribution in [0, 0.1) is 11.8 Å². The molecule has 0 spiro atoms. The van der Waals surface area contributed by atoms with Gasteiger partial charge >= 0.3 is 0 Å². The predicted octanol–water partition coefficient (Wildman–Crippen LogP) is 4.50. The number of carbonyl (C=O) groups is 2. The van der Waals surface area contributed by atoms with Crippen LogP contribution in [0.4, 0.5) is 5.69 Å². The molecule has 1 unspecified atom stereocenters. The second kappa shape index (κ2) is 7.59. The molecule has 30 heavy (non-hydrogen) atoms. The number of rotatable bonds is 4. The summed E-state index contributed by atoms with van der Waals surface area (Å²) in [5.41, 5.74) is 4.01. The van der Waals surface area contributed by atoms with Crippen molar-refractivity contribution in [1.82, 2.24) is 15.3 Å². The summed E-state index contributed by atoms with van der Waals surface area (Å²) in [6, 6.07) is 13.5. The van der Waals surface area contributed by atoms with Gasteiger partial charge in [-0.15, -0.1) is 0 Å². The Balaban J connectivity index is 1.30. The highest BCUT2D eigenvalue weighted by Gasteiger charge is 2.36. The van der Waals surface area contributed by atoms with E-state index in [0.717, 1.165) is 40.4 Å². The van der Waals surface area contributed by atoms with E-state index in [2.05, 4.69) is 20.6 Å². The molecule has 3 fully saturated rings. The first kappa shape index (κ1) is 18.9. The topological polar surface area (TPSA) is 86.9 Å². The van der Waals surface area contributed by atoms with Gasteiger partial charge in [0.1, 0.15) is 5.82 Å². The lowest BCUT2D eigenvalue weighted by atomic mass is 9.68. The van der Waals surface area contributed by atoms with Gasteiger partial charge < -0.3 is 15.6 Å². The summed E-state index contributed by atoms with van der Waals surface area (Å²) in [6.07, 6.45) is 6.30. The molecule has 3 saturated carbocycles. The van der Waals surface area contributed by atoms with E-state index in [0.29, 0.717) is 17.5 Å². The van der Waals surface area contributed by atoms with Crippen molar-refractivity contribution >= 4 is 28.5 Å². The largest absolute Gasteiger partial charge is 0.349 e. The standard InChI is InChI=1S/C24H26N4O2/c1-14(29)25-19-10-11-20-22(13-19)27-23(26-20)17-6-8-18(9-7-17)24(30)28-21-12-15-2-4-16(21)5-3-15/h6-11,13,15-16,21H,2-5,12H2,1H3,(H,25,29)(H,26,27)(H,28,30). The summed E-state index contributed by atoms with van der Waals surface area (Å²) < 4.78 is 0. The maximum atomic E-state index is 12.7. The summed E-state index contributed by atoms with van der Waals surface area (Å²) in [5, 5.41) is 6.05. The average molecular weight is 402 g/mol.